The SMILES string of the molecule is COC(=O)Cc1ccc(OCOCc2cc(CC(=O)OC)ccc2O)c(C=O)c1. The van der Waals surface area contributed by atoms with Crippen molar-refractivity contribution in [3.8, 4) is 11.5 Å². The third kappa shape index (κ3) is 6.62. The van der Waals surface area contributed by atoms with Crippen LogP contribution < -0.4 is 4.74 Å². The molecule has 0 saturated carbocycles. The Hall–Kier alpha value is -3.39. The Morgan fingerprint density at radius 1 is 0.966 bits per heavy atom. The van der Waals surface area contributed by atoms with Gasteiger partial charge in [-0.25, -0.2) is 0 Å². The quantitative estimate of drug-likeness (QED) is 0.279. The van der Waals surface area contributed by atoms with Gasteiger partial charge in [0.15, 0.2) is 13.1 Å². The van der Waals surface area contributed by atoms with Crippen molar-refractivity contribution in [3.63, 3.8) is 0 Å². The maximum atomic E-state index is 11.4. The first-order valence-corrected chi connectivity index (χ1v) is 8.69. The highest BCUT2D eigenvalue weighted by Gasteiger charge is 2.10. The minimum Gasteiger partial charge on any atom is -0.508 e. The number of carbonyl (C=O) groups excluding carboxylic acids is 3. The lowest BCUT2D eigenvalue weighted by Crippen LogP contribution is -2.08. The summed E-state index contributed by atoms with van der Waals surface area (Å²) in [5.74, 6) is -0.465. The normalized spacial score (nSPS) is 10.3. The summed E-state index contributed by atoms with van der Waals surface area (Å²) in [5.41, 5.74) is 2.06. The minimum absolute atomic E-state index is 0.0272. The van der Waals surface area contributed by atoms with Crippen LogP contribution >= 0.6 is 0 Å². The minimum atomic E-state index is -0.409. The van der Waals surface area contributed by atoms with Gasteiger partial charge in [-0.15, -0.1) is 0 Å². The van der Waals surface area contributed by atoms with Gasteiger partial charge in [0.25, 0.3) is 0 Å². The summed E-state index contributed by atoms with van der Waals surface area (Å²) in [7, 11) is 2.60. The van der Waals surface area contributed by atoms with Gasteiger partial charge < -0.3 is 24.1 Å². The van der Waals surface area contributed by atoms with Crippen LogP contribution in [0.5, 0.6) is 11.5 Å². The monoisotopic (exact) mass is 402 g/mol. The van der Waals surface area contributed by atoms with E-state index in [0.29, 0.717) is 28.7 Å². The molecule has 154 valence electrons. The molecule has 0 aromatic heterocycles. The standard InChI is InChI=1S/C21H22O8/c1-26-20(24)9-14-3-5-18(23)17(8-14)12-28-13-29-19-6-4-15(7-16(19)11-22)10-21(25)27-2/h3-8,11,23H,9-10,12-13H2,1-2H3. The maximum Gasteiger partial charge on any atom is 0.309 e. The number of ether oxygens (including phenoxy) is 4. The fraction of sp³-hybridized carbons (Fsp3) is 0.286. The van der Waals surface area contributed by atoms with Crippen LogP contribution in [0.25, 0.3) is 0 Å². The van der Waals surface area contributed by atoms with Crippen molar-refractivity contribution >= 4 is 18.2 Å². The second kappa shape index (κ2) is 10.8. The first kappa shape index (κ1) is 21.9. The van der Waals surface area contributed by atoms with Crippen molar-refractivity contribution in [2.75, 3.05) is 21.0 Å². The molecule has 0 unspecified atom stereocenters. The van der Waals surface area contributed by atoms with Gasteiger partial charge in [0.1, 0.15) is 11.5 Å². The number of rotatable bonds is 10. The number of aromatic hydroxyl groups is 1. The van der Waals surface area contributed by atoms with E-state index < -0.39 is 5.97 Å². The smallest absolute Gasteiger partial charge is 0.309 e. The molecule has 8 nitrogen and oxygen atoms in total. The zero-order valence-electron chi connectivity index (χ0n) is 16.2. The van der Waals surface area contributed by atoms with Gasteiger partial charge in [-0.1, -0.05) is 12.1 Å². The van der Waals surface area contributed by atoms with E-state index in [1.165, 1.54) is 20.3 Å². The number of carbonyl (C=O) groups is 3. The average molecular weight is 402 g/mol. The van der Waals surface area contributed by atoms with Crippen molar-refractivity contribution in [3.05, 3.63) is 58.7 Å². The van der Waals surface area contributed by atoms with E-state index in [2.05, 4.69) is 9.47 Å². The van der Waals surface area contributed by atoms with Gasteiger partial charge in [-0.05, 0) is 35.4 Å². The van der Waals surface area contributed by atoms with Gasteiger partial charge in [-0.2, -0.15) is 0 Å². The Labute approximate surface area is 168 Å². The number of phenolic OH excluding ortho intramolecular Hbond substituents is 1. The van der Waals surface area contributed by atoms with Crippen LogP contribution in [0.4, 0.5) is 0 Å². The molecule has 2 aromatic carbocycles. The van der Waals surface area contributed by atoms with Gasteiger partial charge in [0.05, 0.1) is 39.2 Å². The second-order valence-corrected chi connectivity index (χ2v) is 6.07. The molecule has 0 aliphatic heterocycles. The molecule has 2 aromatic rings. The highest BCUT2D eigenvalue weighted by Crippen LogP contribution is 2.22. The molecule has 0 spiro atoms. The molecular formula is C21H22O8. The molecule has 0 aliphatic carbocycles. The van der Waals surface area contributed by atoms with Crippen LogP contribution in [-0.2, 0) is 43.2 Å². The molecule has 29 heavy (non-hydrogen) atoms. The topological polar surface area (TPSA) is 108 Å². The Balaban J connectivity index is 1.93. The average Bonchev–Trinajstić information content (AvgIpc) is 2.73. The molecule has 0 fully saturated rings. The van der Waals surface area contributed by atoms with Crippen molar-refractivity contribution in [2.24, 2.45) is 0 Å². The number of hydrogen-bond acceptors (Lipinski definition) is 8. The molecular weight excluding hydrogens is 380 g/mol. The number of esters is 2. The molecule has 0 amide bonds. The lowest BCUT2D eigenvalue weighted by Gasteiger charge is -2.11. The van der Waals surface area contributed by atoms with Gasteiger partial charge in [0, 0.05) is 5.56 Å². The molecule has 0 heterocycles. The number of methoxy groups -OCH3 is 2. The van der Waals surface area contributed by atoms with Gasteiger partial charge in [-0.3, -0.25) is 14.4 Å². The summed E-state index contributed by atoms with van der Waals surface area (Å²) in [5, 5.41) is 9.93. The van der Waals surface area contributed by atoms with E-state index >= 15 is 0 Å². The van der Waals surface area contributed by atoms with E-state index in [1.807, 2.05) is 0 Å². The first-order chi connectivity index (χ1) is 14.0. The van der Waals surface area contributed by atoms with E-state index in [1.54, 1.807) is 30.3 Å². The molecule has 0 atom stereocenters. The van der Waals surface area contributed by atoms with E-state index in [9.17, 15) is 19.5 Å². The van der Waals surface area contributed by atoms with Crippen LogP contribution in [0.1, 0.15) is 27.0 Å². The van der Waals surface area contributed by atoms with E-state index in [-0.39, 0.29) is 43.5 Å². The Morgan fingerprint density at radius 3 is 2.21 bits per heavy atom. The Morgan fingerprint density at radius 2 is 1.59 bits per heavy atom. The third-order valence-electron chi connectivity index (χ3n) is 4.05. The molecule has 0 radical (unpaired) electrons. The lowest BCUT2D eigenvalue weighted by atomic mass is 10.1. The van der Waals surface area contributed by atoms with Crippen molar-refractivity contribution in [1.82, 2.24) is 0 Å². The molecule has 0 bridgehead atoms. The third-order valence-corrected chi connectivity index (χ3v) is 4.05. The highest BCUT2D eigenvalue weighted by atomic mass is 16.7. The zero-order chi connectivity index (χ0) is 21.2. The maximum absolute atomic E-state index is 11.4. The van der Waals surface area contributed by atoms with Crippen LogP contribution in [0.2, 0.25) is 0 Å². The first-order valence-electron chi connectivity index (χ1n) is 8.69. The van der Waals surface area contributed by atoms with Crippen molar-refractivity contribution in [2.45, 2.75) is 19.4 Å². The van der Waals surface area contributed by atoms with Crippen LogP contribution in [0.3, 0.4) is 0 Å². The number of aldehydes is 1. The number of phenols is 1. The molecule has 0 saturated heterocycles. The van der Waals surface area contributed by atoms with Gasteiger partial charge in [0.2, 0.25) is 0 Å². The second-order valence-electron chi connectivity index (χ2n) is 6.07. The van der Waals surface area contributed by atoms with Crippen molar-refractivity contribution in [1.29, 1.82) is 0 Å². The molecule has 1 N–H and O–H groups in total. The summed E-state index contributed by atoms with van der Waals surface area (Å²) in [6.45, 7) is -0.129. The fourth-order valence-corrected chi connectivity index (χ4v) is 2.53. The highest BCUT2D eigenvalue weighted by molar-refractivity contribution is 5.81. The van der Waals surface area contributed by atoms with Crippen LogP contribution in [0, 0.1) is 0 Å². The summed E-state index contributed by atoms with van der Waals surface area (Å²) < 4.78 is 20.1. The molecule has 2 rings (SSSR count). The summed E-state index contributed by atoms with van der Waals surface area (Å²) in [6, 6.07) is 9.51. The Bertz CT molecular complexity index is 875. The van der Waals surface area contributed by atoms with E-state index in [4.69, 9.17) is 9.47 Å². The zero-order valence-corrected chi connectivity index (χ0v) is 16.2. The number of hydrogen-bond donors (Lipinski definition) is 1. The summed E-state index contributed by atoms with van der Waals surface area (Å²) >= 11 is 0. The number of benzene rings is 2. The van der Waals surface area contributed by atoms with Crippen LogP contribution in [-0.4, -0.2) is 44.3 Å². The van der Waals surface area contributed by atoms with Crippen molar-refractivity contribution < 1.29 is 38.4 Å². The predicted octanol–water partition coefficient (Wildman–Crippen LogP) is 2.19. The predicted molar refractivity (Wildman–Crippen MR) is 102 cm³/mol. The summed E-state index contributed by atoms with van der Waals surface area (Å²) in [6.07, 6.45) is 0.758. The lowest BCUT2D eigenvalue weighted by molar-refractivity contribution is -0.140. The Kier molecular flexibility index (Phi) is 8.17. The van der Waals surface area contributed by atoms with Gasteiger partial charge >= 0.3 is 11.9 Å². The largest absolute Gasteiger partial charge is 0.508 e. The van der Waals surface area contributed by atoms with Crippen LogP contribution in [0.15, 0.2) is 36.4 Å². The summed E-state index contributed by atoms with van der Waals surface area (Å²) in [4.78, 5) is 34.0. The van der Waals surface area contributed by atoms with E-state index in [0.717, 1.165) is 0 Å². The fourth-order valence-electron chi connectivity index (χ4n) is 2.53. The molecule has 8 heteroatoms. The molecule has 0 aliphatic rings.